The fraction of sp³-hybridized carbons (Fsp3) is 0.400. The normalized spacial score (nSPS) is 15.6. The van der Waals surface area contributed by atoms with Crippen LogP contribution in [0.15, 0.2) is 46.9 Å². The average Bonchev–Trinajstić information content (AvgIpc) is 2.56. The molecule has 0 unspecified atom stereocenters. The molecule has 0 spiro atoms. The van der Waals surface area contributed by atoms with Gasteiger partial charge in [0, 0.05) is 16.6 Å². The summed E-state index contributed by atoms with van der Waals surface area (Å²) < 4.78 is 7.34. The Morgan fingerprint density at radius 3 is 2.52 bits per heavy atom. The van der Waals surface area contributed by atoms with Gasteiger partial charge >= 0.3 is 0 Å². The van der Waals surface area contributed by atoms with Crippen LogP contribution < -0.4 is 4.74 Å². The Morgan fingerprint density at radius 1 is 1.04 bits per heavy atom. The molecule has 3 heteroatoms. The van der Waals surface area contributed by atoms with Gasteiger partial charge in [0.15, 0.2) is 0 Å². The highest BCUT2D eigenvalue weighted by atomic mass is 79.9. The minimum absolute atomic E-state index is 0.621. The number of hydrogen-bond donors (Lipinski definition) is 0. The largest absolute Gasteiger partial charge is 0.488 e. The Morgan fingerprint density at radius 2 is 1.78 bits per heavy atom. The lowest BCUT2D eigenvalue weighted by atomic mass is 10.1. The van der Waals surface area contributed by atoms with Crippen molar-refractivity contribution in [3.05, 3.63) is 63.6 Å². The molecule has 0 N–H and O–H groups in total. The van der Waals surface area contributed by atoms with E-state index in [2.05, 4.69) is 64.2 Å². The van der Waals surface area contributed by atoms with E-state index in [4.69, 9.17) is 4.74 Å². The van der Waals surface area contributed by atoms with E-state index in [1.807, 2.05) is 6.07 Å². The number of ether oxygens (including phenoxy) is 1. The molecular formula is C20H24BrNO. The van der Waals surface area contributed by atoms with Crippen LogP contribution in [-0.2, 0) is 13.2 Å². The van der Waals surface area contributed by atoms with Crippen LogP contribution in [0.2, 0.25) is 0 Å². The maximum Gasteiger partial charge on any atom is 0.127 e. The van der Waals surface area contributed by atoms with Crippen LogP contribution in [0, 0.1) is 6.92 Å². The standard InChI is InChI=1S/C20H24BrNO/c1-16-12-19(21)13-18(14-22-10-6-3-7-11-22)20(16)23-15-17-8-4-2-5-9-17/h2,4-5,8-9,12-13H,3,6-7,10-11,14-15H2,1H3. The van der Waals surface area contributed by atoms with Gasteiger partial charge in [0.05, 0.1) is 0 Å². The van der Waals surface area contributed by atoms with Crippen molar-refractivity contribution >= 4 is 15.9 Å². The van der Waals surface area contributed by atoms with Gasteiger partial charge in [-0.05, 0) is 56.1 Å². The van der Waals surface area contributed by atoms with Gasteiger partial charge in [0.2, 0.25) is 0 Å². The van der Waals surface area contributed by atoms with Gasteiger partial charge in [-0.2, -0.15) is 0 Å². The number of hydrogen-bond acceptors (Lipinski definition) is 2. The average molecular weight is 374 g/mol. The highest BCUT2D eigenvalue weighted by molar-refractivity contribution is 9.10. The van der Waals surface area contributed by atoms with E-state index in [1.165, 1.54) is 49.0 Å². The van der Waals surface area contributed by atoms with Crippen LogP contribution in [-0.4, -0.2) is 18.0 Å². The summed E-state index contributed by atoms with van der Waals surface area (Å²) in [5.41, 5.74) is 3.69. The Hall–Kier alpha value is -1.32. The van der Waals surface area contributed by atoms with Crippen LogP contribution in [0.5, 0.6) is 5.75 Å². The maximum absolute atomic E-state index is 6.20. The predicted molar refractivity (Wildman–Crippen MR) is 98.8 cm³/mol. The monoisotopic (exact) mass is 373 g/mol. The van der Waals surface area contributed by atoms with Crippen LogP contribution in [0.1, 0.15) is 36.0 Å². The fourth-order valence-corrected chi connectivity index (χ4v) is 3.83. The van der Waals surface area contributed by atoms with E-state index < -0.39 is 0 Å². The van der Waals surface area contributed by atoms with Gasteiger partial charge in [0.1, 0.15) is 12.4 Å². The van der Waals surface area contributed by atoms with Crippen molar-refractivity contribution < 1.29 is 4.74 Å². The Kier molecular flexibility index (Phi) is 5.74. The molecular weight excluding hydrogens is 350 g/mol. The zero-order valence-electron chi connectivity index (χ0n) is 13.7. The third kappa shape index (κ3) is 4.58. The molecule has 0 radical (unpaired) electrons. The molecule has 2 aromatic carbocycles. The number of rotatable bonds is 5. The molecule has 3 rings (SSSR count). The summed E-state index contributed by atoms with van der Waals surface area (Å²) in [6.07, 6.45) is 3.99. The molecule has 0 aliphatic carbocycles. The quantitative estimate of drug-likeness (QED) is 0.702. The SMILES string of the molecule is Cc1cc(Br)cc(CN2CCCCC2)c1OCc1ccccc1. The molecule has 1 heterocycles. The van der Waals surface area contributed by atoms with E-state index in [-0.39, 0.29) is 0 Å². The minimum Gasteiger partial charge on any atom is -0.488 e. The van der Waals surface area contributed by atoms with Crippen molar-refractivity contribution in [1.82, 2.24) is 4.90 Å². The first kappa shape index (κ1) is 16.5. The number of likely N-dealkylation sites (tertiary alicyclic amines) is 1. The van der Waals surface area contributed by atoms with E-state index in [0.29, 0.717) is 6.61 Å². The van der Waals surface area contributed by atoms with Gasteiger partial charge in [-0.15, -0.1) is 0 Å². The van der Waals surface area contributed by atoms with Gasteiger partial charge < -0.3 is 4.74 Å². The second-order valence-electron chi connectivity index (χ2n) is 6.32. The van der Waals surface area contributed by atoms with Gasteiger partial charge in [-0.25, -0.2) is 0 Å². The summed E-state index contributed by atoms with van der Waals surface area (Å²) in [6, 6.07) is 14.7. The van der Waals surface area contributed by atoms with Crippen molar-refractivity contribution in [2.24, 2.45) is 0 Å². The van der Waals surface area contributed by atoms with Crippen LogP contribution in [0.3, 0.4) is 0 Å². The van der Waals surface area contributed by atoms with E-state index in [9.17, 15) is 0 Å². The first-order chi connectivity index (χ1) is 11.2. The topological polar surface area (TPSA) is 12.5 Å². The summed E-state index contributed by atoms with van der Waals surface area (Å²) in [5.74, 6) is 1.04. The first-order valence-electron chi connectivity index (χ1n) is 8.40. The number of halogens is 1. The number of benzene rings is 2. The van der Waals surface area contributed by atoms with Gasteiger partial charge in [0.25, 0.3) is 0 Å². The molecule has 0 saturated carbocycles. The van der Waals surface area contributed by atoms with E-state index in [1.54, 1.807) is 0 Å². The minimum atomic E-state index is 0.621. The van der Waals surface area contributed by atoms with E-state index >= 15 is 0 Å². The third-order valence-corrected chi connectivity index (χ3v) is 4.84. The Bertz CT molecular complexity index is 636. The number of aryl methyl sites for hydroxylation is 1. The van der Waals surface area contributed by atoms with Crippen molar-refractivity contribution in [3.8, 4) is 5.75 Å². The van der Waals surface area contributed by atoms with Crippen molar-refractivity contribution in [3.63, 3.8) is 0 Å². The van der Waals surface area contributed by atoms with Crippen molar-refractivity contribution in [1.29, 1.82) is 0 Å². The highest BCUT2D eigenvalue weighted by Gasteiger charge is 2.15. The lowest BCUT2D eigenvalue weighted by Crippen LogP contribution is -2.29. The lowest BCUT2D eigenvalue weighted by Gasteiger charge is -2.27. The second kappa shape index (κ2) is 7.98. The predicted octanol–water partition coefficient (Wildman–Crippen LogP) is 5.32. The smallest absolute Gasteiger partial charge is 0.127 e. The summed E-state index contributed by atoms with van der Waals surface area (Å²) >= 11 is 3.63. The molecule has 1 fully saturated rings. The summed E-state index contributed by atoms with van der Waals surface area (Å²) in [6.45, 7) is 6.12. The molecule has 2 aromatic rings. The Labute approximate surface area is 147 Å². The molecule has 0 aromatic heterocycles. The molecule has 23 heavy (non-hydrogen) atoms. The fourth-order valence-electron chi connectivity index (χ4n) is 3.21. The zero-order chi connectivity index (χ0) is 16.1. The zero-order valence-corrected chi connectivity index (χ0v) is 15.3. The number of nitrogens with zero attached hydrogens (tertiary/aromatic N) is 1. The van der Waals surface area contributed by atoms with E-state index in [0.717, 1.165) is 16.8 Å². The lowest BCUT2D eigenvalue weighted by molar-refractivity contribution is 0.215. The number of piperidine rings is 1. The van der Waals surface area contributed by atoms with Gasteiger partial charge in [-0.1, -0.05) is 52.7 Å². The third-order valence-electron chi connectivity index (χ3n) is 4.38. The summed E-state index contributed by atoms with van der Waals surface area (Å²) in [7, 11) is 0. The molecule has 2 nitrogen and oxygen atoms in total. The molecule has 0 amide bonds. The van der Waals surface area contributed by atoms with Gasteiger partial charge in [-0.3, -0.25) is 4.90 Å². The Balaban J connectivity index is 1.77. The molecule has 122 valence electrons. The second-order valence-corrected chi connectivity index (χ2v) is 7.24. The summed E-state index contributed by atoms with van der Waals surface area (Å²) in [5, 5.41) is 0. The highest BCUT2D eigenvalue weighted by Crippen LogP contribution is 2.30. The van der Waals surface area contributed by atoms with Crippen molar-refractivity contribution in [2.45, 2.75) is 39.3 Å². The molecule has 0 bridgehead atoms. The molecule has 1 saturated heterocycles. The van der Waals surface area contributed by atoms with Crippen molar-refractivity contribution in [2.75, 3.05) is 13.1 Å². The van der Waals surface area contributed by atoms with Crippen LogP contribution in [0.4, 0.5) is 0 Å². The molecule has 1 aliphatic rings. The molecule has 1 aliphatic heterocycles. The van der Waals surface area contributed by atoms with Crippen LogP contribution >= 0.6 is 15.9 Å². The van der Waals surface area contributed by atoms with Crippen LogP contribution in [0.25, 0.3) is 0 Å². The molecule has 0 atom stereocenters. The summed E-state index contributed by atoms with van der Waals surface area (Å²) in [4.78, 5) is 2.54. The maximum atomic E-state index is 6.20. The first-order valence-corrected chi connectivity index (χ1v) is 9.20.